The first kappa shape index (κ1) is 28.0. The van der Waals surface area contributed by atoms with Gasteiger partial charge in [0.25, 0.3) is 5.78 Å². The zero-order valence-electron chi connectivity index (χ0n) is 22.9. The van der Waals surface area contributed by atoms with Crippen LogP contribution in [-0.2, 0) is 9.59 Å². The zero-order valence-corrected chi connectivity index (χ0v) is 23.7. The van der Waals surface area contributed by atoms with Gasteiger partial charge < -0.3 is 24.4 Å². The number of thiazole rings is 1. The molecule has 0 radical (unpaired) electrons. The number of Topliss-reactive ketones (excluding diaryl/α,β-unsaturated/α-hetero) is 1. The van der Waals surface area contributed by atoms with Crippen LogP contribution in [-0.4, -0.2) is 47.2 Å². The minimum absolute atomic E-state index is 0.0865. The predicted octanol–water partition coefficient (Wildman–Crippen LogP) is 6.21. The summed E-state index contributed by atoms with van der Waals surface area (Å²) in [5, 5.41) is 22.2. The molecule has 2 heterocycles. The normalized spacial score (nSPS) is 16.4. The molecule has 1 aromatic heterocycles. The van der Waals surface area contributed by atoms with Gasteiger partial charge in [-0.1, -0.05) is 42.9 Å². The molecule has 2 N–H and O–H groups in total. The zero-order chi connectivity index (χ0) is 29.1. The van der Waals surface area contributed by atoms with E-state index < -0.39 is 17.7 Å². The molecule has 41 heavy (non-hydrogen) atoms. The number of phenolic OH excluding ortho intramolecular Hbond substituents is 1. The topological polar surface area (TPSA) is 118 Å². The van der Waals surface area contributed by atoms with Gasteiger partial charge in [-0.2, -0.15) is 0 Å². The van der Waals surface area contributed by atoms with Crippen molar-refractivity contribution in [2.24, 2.45) is 0 Å². The van der Waals surface area contributed by atoms with Crippen molar-refractivity contribution in [2.75, 3.05) is 25.2 Å². The molecule has 0 saturated carbocycles. The largest absolute Gasteiger partial charge is 0.507 e. The molecule has 1 amide bonds. The van der Waals surface area contributed by atoms with Crippen LogP contribution in [0.25, 0.3) is 16.0 Å². The van der Waals surface area contributed by atoms with Crippen molar-refractivity contribution in [1.82, 2.24) is 4.98 Å². The monoisotopic (exact) mass is 574 g/mol. The lowest BCUT2D eigenvalue weighted by molar-refractivity contribution is -0.132. The molecule has 5 rings (SSSR count). The van der Waals surface area contributed by atoms with Crippen LogP contribution < -0.4 is 19.1 Å². The Bertz CT molecular complexity index is 1640. The Morgan fingerprint density at radius 1 is 1.02 bits per heavy atom. The molecule has 1 aliphatic heterocycles. The summed E-state index contributed by atoms with van der Waals surface area (Å²) >= 11 is 1.23. The highest BCUT2D eigenvalue weighted by molar-refractivity contribution is 7.22. The fourth-order valence-corrected chi connectivity index (χ4v) is 5.68. The second kappa shape index (κ2) is 11.9. The van der Waals surface area contributed by atoms with E-state index in [1.54, 1.807) is 68.6 Å². The number of ether oxygens (including phenoxy) is 3. The summed E-state index contributed by atoms with van der Waals surface area (Å²) in [7, 11) is 1.56. The van der Waals surface area contributed by atoms with Crippen LogP contribution in [0.3, 0.4) is 0 Å². The van der Waals surface area contributed by atoms with E-state index in [0.29, 0.717) is 41.4 Å². The maximum atomic E-state index is 13.6. The van der Waals surface area contributed by atoms with Crippen LogP contribution in [0.5, 0.6) is 23.0 Å². The molecule has 4 aromatic rings. The minimum atomic E-state index is -1.04. The van der Waals surface area contributed by atoms with Crippen molar-refractivity contribution >= 4 is 44.1 Å². The maximum absolute atomic E-state index is 13.6. The van der Waals surface area contributed by atoms with E-state index in [2.05, 4.69) is 11.9 Å². The number of aliphatic hydroxyl groups is 1. The molecule has 0 aliphatic carbocycles. The number of phenols is 1. The lowest BCUT2D eigenvalue weighted by Crippen LogP contribution is -2.29. The summed E-state index contributed by atoms with van der Waals surface area (Å²) < 4.78 is 17.5. The Morgan fingerprint density at radius 2 is 1.85 bits per heavy atom. The molecule has 0 bridgehead atoms. The van der Waals surface area contributed by atoms with Gasteiger partial charge in [0.05, 0.1) is 42.2 Å². The highest BCUT2D eigenvalue weighted by Gasteiger charge is 2.48. The van der Waals surface area contributed by atoms with Gasteiger partial charge in [-0.3, -0.25) is 14.5 Å². The molecule has 1 unspecified atom stereocenters. The number of amides is 1. The van der Waals surface area contributed by atoms with Gasteiger partial charge in [0.1, 0.15) is 17.3 Å². The van der Waals surface area contributed by atoms with E-state index in [0.717, 1.165) is 17.5 Å². The Balaban J connectivity index is 1.67. The third-order valence-corrected chi connectivity index (χ3v) is 7.73. The number of aliphatic hydroxyl groups excluding tert-OH is 1. The number of fused-ring (bicyclic) bond motifs is 1. The molecule has 212 valence electrons. The number of aromatic hydroxyl groups is 1. The van der Waals surface area contributed by atoms with E-state index in [4.69, 9.17) is 14.2 Å². The second-order valence-electron chi connectivity index (χ2n) is 9.39. The summed E-state index contributed by atoms with van der Waals surface area (Å²) in [6.07, 6.45) is 1.84. The van der Waals surface area contributed by atoms with Gasteiger partial charge in [0.15, 0.2) is 16.6 Å². The maximum Gasteiger partial charge on any atom is 0.301 e. The van der Waals surface area contributed by atoms with Crippen LogP contribution in [0, 0.1) is 0 Å². The van der Waals surface area contributed by atoms with Crippen molar-refractivity contribution in [3.8, 4) is 23.0 Å². The first-order chi connectivity index (χ1) is 19.9. The summed E-state index contributed by atoms with van der Waals surface area (Å²) in [5.74, 6) is -0.751. The first-order valence-electron chi connectivity index (χ1n) is 13.3. The van der Waals surface area contributed by atoms with E-state index in [1.807, 2.05) is 0 Å². The Kier molecular flexibility index (Phi) is 8.11. The van der Waals surface area contributed by atoms with Crippen molar-refractivity contribution < 1.29 is 34.0 Å². The number of hydrogen-bond acceptors (Lipinski definition) is 9. The lowest BCUT2D eigenvalue weighted by Gasteiger charge is -2.23. The van der Waals surface area contributed by atoms with E-state index in [1.165, 1.54) is 22.3 Å². The van der Waals surface area contributed by atoms with Crippen molar-refractivity contribution in [1.29, 1.82) is 0 Å². The Morgan fingerprint density at radius 3 is 2.61 bits per heavy atom. The first-order valence-corrected chi connectivity index (χ1v) is 14.1. The summed E-state index contributed by atoms with van der Waals surface area (Å²) in [4.78, 5) is 33.2. The van der Waals surface area contributed by atoms with E-state index in [9.17, 15) is 19.8 Å². The standard InChI is InChI=1S/C31H30N2O7S/c1-4-6-14-40-21-9-7-8-19(15-21)28(35)26-27(18-10-13-23(34)24(16-18)39-5-2)33(30(37)29(26)36)31-32-22-12-11-20(38-3)17-25(22)41-31/h7-13,15-17,27,34-35H,4-6,14H2,1-3H3/b28-26+. The molecule has 3 aromatic carbocycles. The Hall–Kier alpha value is -4.57. The molecule has 1 saturated heterocycles. The van der Waals surface area contributed by atoms with Crippen molar-refractivity contribution in [2.45, 2.75) is 32.7 Å². The molecular formula is C31H30N2O7S. The number of nitrogens with zero attached hydrogens (tertiary/aromatic N) is 2. The van der Waals surface area contributed by atoms with Crippen molar-refractivity contribution in [3.63, 3.8) is 0 Å². The summed E-state index contributed by atoms with van der Waals surface area (Å²) in [5.41, 5.74) is 1.31. The molecule has 0 spiro atoms. The number of hydrogen-bond donors (Lipinski definition) is 2. The van der Waals surface area contributed by atoms with E-state index >= 15 is 0 Å². The molecular weight excluding hydrogens is 544 g/mol. The summed E-state index contributed by atoms with van der Waals surface area (Å²) in [6.45, 7) is 4.65. The average Bonchev–Trinajstić information content (AvgIpc) is 3.51. The third kappa shape index (κ3) is 5.43. The smallest absolute Gasteiger partial charge is 0.301 e. The summed E-state index contributed by atoms with van der Waals surface area (Å²) in [6, 6.07) is 15.7. The van der Waals surface area contributed by atoms with Crippen molar-refractivity contribution in [3.05, 3.63) is 77.4 Å². The number of methoxy groups -OCH3 is 1. The number of rotatable bonds is 10. The number of benzene rings is 3. The average molecular weight is 575 g/mol. The fourth-order valence-electron chi connectivity index (χ4n) is 4.66. The van der Waals surface area contributed by atoms with Crippen LogP contribution in [0.4, 0.5) is 5.13 Å². The van der Waals surface area contributed by atoms with Gasteiger partial charge in [-0.15, -0.1) is 0 Å². The highest BCUT2D eigenvalue weighted by atomic mass is 32.1. The number of ketones is 1. The van der Waals surface area contributed by atoms with Gasteiger partial charge in [-0.05, 0) is 61.4 Å². The fraction of sp³-hybridized carbons (Fsp3) is 0.258. The minimum Gasteiger partial charge on any atom is -0.507 e. The SMILES string of the molecule is CCCCOc1cccc(/C(O)=C2\C(=O)C(=O)N(c3nc4ccc(OC)cc4s3)C2c2ccc(O)c(OCC)c2)c1. The quantitative estimate of drug-likeness (QED) is 0.0993. The van der Waals surface area contributed by atoms with Gasteiger partial charge in [-0.25, -0.2) is 4.98 Å². The molecule has 1 aliphatic rings. The van der Waals surface area contributed by atoms with E-state index in [-0.39, 0.29) is 28.0 Å². The van der Waals surface area contributed by atoms with Crippen LogP contribution in [0.1, 0.15) is 43.9 Å². The Labute approximate surface area is 241 Å². The van der Waals surface area contributed by atoms with Gasteiger partial charge in [0.2, 0.25) is 0 Å². The number of carbonyl (C=O) groups excluding carboxylic acids is 2. The van der Waals surface area contributed by atoms with Crippen LogP contribution in [0.15, 0.2) is 66.2 Å². The molecule has 10 heteroatoms. The number of anilines is 1. The lowest BCUT2D eigenvalue weighted by atomic mass is 9.95. The van der Waals surface area contributed by atoms with Gasteiger partial charge >= 0.3 is 5.91 Å². The van der Waals surface area contributed by atoms with Gasteiger partial charge in [0, 0.05) is 5.56 Å². The highest BCUT2D eigenvalue weighted by Crippen LogP contribution is 2.46. The number of carbonyl (C=O) groups is 2. The van der Waals surface area contributed by atoms with Crippen LogP contribution in [0.2, 0.25) is 0 Å². The second-order valence-corrected chi connectivity index (χ2v) is 10.4. The molecule has 1 atom stereocenters. The van der Waals surface area contributed by atoms with Crippen LogP contribution >= 0.6 is 11.3 Å². The third-order valence-electron chi connectivity index (χ3n) is 6.71. The number of unbranched alkanes of at least 4 members (excludes halogenated alkanes) is 1. The number of aromatic nitrogens is 1. The molecule has 9 nitrogen and oxygen atoms in total. The predicted molar refractivity (Wildman–Crippen MR) is 157 cm³/mol. The molecule has 1 fully saturated rings.